The highest BCUT2D eigenvalue weighted by Crippen LogP contribution is 2.34. The third kappa shape index (κ3) is 3.82. The summed E-state index contributed by atoms with van der Waals surface area (Å²) in [6.45, 7) is 9.16. The summed E-state index contributed by atoms with van der Waals surface area (Å²) < 4.78 is 0. The summed E-state index contributed by atoms with van der Waals surface area (Å²) in [6, 6.07) is 15.2. The van der Waals surface area contributed by atoms with Crippen molar-refractivity contribution in [2.75, 3.05) is 44.7 Å². The van der Waals surface area contributed by atoms with Crippen molar-refractivity contribution in [3.05, 3.63) is 65.7 Å². The monoisotopic (exact) mass is 360 g/mol. The highest BCUT2D eigenvalue weighted by Gasteiger charge is 2.26. The number of nitrogens with zero attached hydrogens (tertiary/aromatic N) is 3. The first-order valence-corrected chi connectivity index (χ1v) is 9.80. The van der Waals surface area contributed by atoms with Gasteiger partial charge in [-0.1, -0.05) is 36.9 Å². The number of piperazine rings is 1. The summed E-state index contributed by atoms with van der Waals surface area (Å²) in [5.41, 5.74) is 6.41. The third-order valence-electron chi connectivity index (χ3n) is 5.65. The smallest absolute Gasteiger partial charge is 0.0707 e. The molecule has 1 saturated heterocycles. The minimum atomic E-state index is 0.218. The maximum Gasteiger partial charge on any atom is 0.0707 e. The van der Waals surface area contributed by atoms with Gasteiger partial charge >= 0.3 is 0 Å². The third-order valence-corrected chi connectivity index (χ3v) is 5.65. The van der Waals surface area contributed by atoms with Crippen LogP contribution in [0.25, 0.3) is 6.08 Å². The molecule has 0 aromatic heterocycles. The Bertz CT molecular complexity index is 819. The van der Waals surface area contributed by atoms with Crippen LogP contribution >= 0.6 is 0 Å². The van der Waals surface area contributed by atoms with E-state index in [-0.39, 0.29) is 6.04 Å². The number of rotatable bonds is 4. The van der Waals surface area contributed by atoms with Crippen molar-refractivity contribution < 1.29 is 0 Å². The van der Waals surface area contributed by atoms with E-state index in [0.29, 0.717) is 0 Å². The molecule has 0 radical (unpaired) electrons. The maximum atomic E-state index is 4.77. The van der Waals surface area contributed by atoms with Crippen molar-refractivity contribution >= 4 is 23.7 Å². The normalized spacial score (nSPS) is 20.6. The molecule has 27 heavy (non-hydrogen) atoms. The fourth-order valence-corrected chi connectivity index (χ4v) is 4.06. The molecule has 4 rings (SSSR count). The van der Waals surface area contributed by atoms with Gasteiger partial charge in [0.1, 0.15) is 0 Å². The van der Waals surface area contributed by atoms with Gasteiger partial charge in [0.25, 0.3) is 0 Å². The van der Waals surface area contributed by atoms with Gasteiger partial charge in [0.15, 0.2) is 0 Å². The van der Waals surface area contributed by atoms with Crippen LogP contribution in [-0.4, -0.2) is 50.9 Å². The molecule has 2 aromatic rings. The van der Waals surface area contributed by atoms with Crippen LogP contribution < -0.4 is 10.2 Å². The van der Waals surface area contributed by atoms with Crippen LogP contribution in [0.3, 0.4) is 0 Å². The zero-order valence-electron chi connectivity index (χ0n) is 16.1. The van der Waals surface area contributed by atoms with Gasteiger partial charge in [0, 0.05) is 44.6 Å². The van der Waals surface area contributed by atoms with Gasteiger partial charge in [-0.2, -0.15) is 0 Å². The Labute approximate surface area is 162 Å². The summed E-state index contributed by atoms with van der Waals surface area (Å²) in [7, 11) is 2.19. The molecule has 1 fully saturated rings. The molecule has 1 unspecified atom stereocenters. The van der Waals surface area contributed by atoms with E-state index in [1.54, 1.807) is 0 Å². The molecule has 1 atom stereocenters. The highest BCUT2D eigenvalue weighted by molar-refractivity contribution is 5.74. The van der Waals surface area contributed by atoms with Crippen molar-refractivity contribution in [2.45, 2.75) is 12.5 Å². The lowest BCUT2D eigenvalue weighted by Crippen LogP contribution is -2.44. The molecular weight excluding hydrogens is 332 g/mol. The van der Waals surface area contributed by atoms with E-state index in [9.17, 15) is 0 Å². The van der Waals surface area contributed by atoms with Crippen LogP contribution in [0, 0.1) is 0 Å². The average molecular weight is 361 g/mol. The standard InChI is InChI=1S/C23H28N4/c1-3-18-7-9-19(10-8-18)25-17-23-20-5-4-6-22(21(20)11-14-26(23)2)27-15-12-24-13-16-27/h3-10,17,23-24H,1,11-16H2,2H3/b25-17+. The van der Waals surface area contributed by atoms with Crippen LogP contribution in [0.5, 0.6) is 0 Å². The second-order valence-corrected chi connectivity index (χ2v) is 7.33. The van der Waals surface area contributed by atoms with Crippen molar-refractivity contribution in [1.29, 1.82) is 0 Å². The van der Waals surface area contributed by atoms with Gasteiger partial charge in [-0.25, -0.2) is 0 Å². The molecule has 2 aliphatic rings. The number of fused-ring (bicyclic) bond motifs is 1. The lowest BCUT2D eigenvalue weighted by molar-refractivity contribution is 0.290. The van der Waals surface area contributed by atoms with Gasteiger partial charge < -0.3 is 10.2 Å². The minimum Gasteiger partial charge on any atom is -0.369 e. The number of hydrogen-bond acceptors (Lipinski definition) is 4. The molecule has 2 heterocycles. The van der Waals surface area contributed by atoms with Crippen LogP contribution in [-0.2, 0) is 6.42 Å². The number of nitrogens with one attached hydrogen (secondary N) is 1. The van der Waals surface area contributed by atoms with Gasteiger partial charge in [0.2, 0.25) is 0 Å². The van der Waals surface area contributed by atoms with E-state index < -0.39 is 0 Å². The summed E-state index contributed by atoms with van der Waals surface area (Å²) in [6.07, 6.45) is 5.06. The number of anilines is 1. The first-order valence-electron chi connectivity index (χ1n) is 9.80. The molecule has 1 N–H and O–H groups in total. The van der Waals surface area contributed by atoms with Crippen LogP contribution in [0.2, 0.25) is 0 Å². The lowest BCUT2D eigenvalue weighted by Gasteiger charge is -2.37. The zero-order chi connectivity index (χ0) is 18.6. The van der Waals surface area contributed by atoms with E-state index >= 15 is 0 Å². The Balaban J connectivity index is 1.62. The Morgan fingerprint density at radius 2 is 1.85 bits per heavy atom. The van der Waals surface area contributed by atoms with Crippen molar-refractivity contribution in [3.63, 3.8) is 0 Å². The van der Waals surface area contributed by atoms with Gasteiger partial charge in [-0.05, 0) is 48.4 Å². The van der Waals surface area contributed by atoms with Crippen molar-refractivity contribution in [3.8, 4) is 0 Å². The van der Waals surface area contributed by atoms with Crippen LogP contribution in [0.15, 0.2) is 54.0 Å². The quantitative estimate of drug-likeness (QED) is 0.844. The van der Waals surface area contributed by atoms with Crippen molar-refractivity contribution in [1.82, 2.24) is 10.2 Å². The number of likely N-dealkylation sites (N-methyl/N-ethyl adjacent to an activating group) is 1. The summed E-state index contributed by atoms with van der Waals surface area (Å²) >= 11 is 0. The molecular formula is C23H28N4. The zero-order valence-corrected chi connectivity index (χ0v) is 16.1. The number of aliphatic imine (C=N–C) groups is 1. The molecule has 0 spiro atoms. The number of benzene rings is 2. The van der Waals surface area contributed by atoms with E-state index in [0.717, 1.165) is 50.4 Å². The second kappa shape index (κ2) is 8.07. The SMILES string of the molecule is C=Cc1ccc(/N=C/C2c3cccc(N4CCNCC4)c3CCN2C)cc1. The lowest BCUT2D eigenvalue weighted by atomic mass is 9.91. The van der Waals surface area contributed by atoms with Gasteiger partial charge in [-0.3, -0.25) is 9.89 Å². The molecule has 4 heteroatoms. The molecule has 4 nitrogen and oxygen atoms in total. The summed E-state index contributed by atoms with van der Waals surface area (Å²) in [5, 5.41) is 3.45. The van der Waals surface area contributed by atoms with E-state index in [1.807, 2.05) is 6.08 Å². The predicted octanol–water partition coefficient (Wildman–Crippen LogP) is 3.67. The Morgan fingerprint density at radius 3 is 2.59 bits per heavy atom. The molecule has 2 aromatic carbocycles. The minimum absolute atomic E-state index is 0.218. The molecule has 0 aliphatic carbocycles. The van der Waals surface area contributed by atoms with E-state index in [2.05, 4.69) is 77.4 Å². The first kappa shape index (κ1) is 18.0. The largest absolute Gasteiger partial charge is 0.369 e. The highest BCUT2D eigenvalue weighted by atomic mass is 15.2. The average Bonchev–Trinajstić information content (AvgIpc) is 2.73. The Kier molecular flexibility index (Phi) is 5.37. The summed E-state index contributed by atoms with van der Waals surface area (Å²) in [5.74, 6) is 0. The first-order chi connectivity index (χ1) is 13.3. The van der Waals surface area contributed by atoms with Crippen molar-refractivity contribution in [2.24, 2.45) is 4.99 Å². The van der Waals surface area contributed by atoms with Gasteiger partial charge in [-0.15, -0.1) is 0 Å². The predicted molar refractivity (Wildman–Crippen MR) is 115 cm³/mol. The maximum absolute atomic E-state index is 4.77. The second-order valence-electron chi connectivity index (χ2n) is 7.33. The van der Waals surface area contributed by atoms with Gasteiger partial charge in [0.05, 0.1) is 11.7 Å². The fourth-order valence-electron chi connectivity index (χ4n) is 4.06. The topological polar surface area (TPSA) is 30.9 Å². The van der Waals surface area contributed by atoms with Crippen LogP contribution in [0.1, 0.15) is 22.7 Å². The Hall–Kier alpha value is -2.43. The van der Waals surface area contributed by atoms with E-state index in [1.165, 1.54) is 16.8 Å². The molecule has 0 amide bonds. The Morgan fingerprint density at radius 1 is 1.07 bits per heavy atom. The summed E-state index contributed by atoms with van der Waals surface area (Å²) in [4.78, 5) is 9.70. The van der Waals surface area contributed by atoms with Crippen LogP contribution in [0.4, 0.5) is 11.4 Å². The fraction of sp³-hybridized carbons (Fsp3) is 0.348. The molecule has 2 aliphatic heterocycles. The molecule has 0 saturated carbocycles. The van der Waals surface area contributed by atoms with E-state index in [4.69, 9.17) is 4.99 Å². The number of hydrogen-bond donors (Lipinski definition) is 1. The molecule has 140 valence electrons. The molecule has 0 bridgehead atoms.